The maximum absolute atomic E-state index is 11.4. The van der Waals surface area contributed by atoms with Gasteiger partial charge in [0.25, 0.3) is 0 Å². The van der Waals surface area contributed by atoms with Gasteiger partial charge in [0.05, 0.1) is 24.0 Å². The normalized spacial score (nSPS) is 21.7. The number of thiophene rings is 1. The lowest BCUT2D eigenvalue weighted by Crippen LogP contribution is -2.32. The summed E-state index contributed by atoms with van der Waals surface area (Å²) < 4.78 is 6.38. The lowest BCUT2D eigenvalue weighted by molar-refractivity contribution is -0.141. The van der Waals surface area contributed by atoms with E-state index >= 15 is 0 Å². The first-order valence-corrected chi connectivity index (χ1v) is 12.2. The molecule has 2 atom stereocenters. The maximum Gasteiger partial charge on any atom is 0.307 e. The Hall–Kier alpha value is -2.01. The number of carbonyl (C=O) groups excluding carboxylic acids is 2. The molecule has 1 aromatic heterocycles. The molecular formula is C24H27BrN2O3S. The van der Waals surface area contributed by atoms with Crippen molar-refractivity contribution in [2.24, 2.45) is 11.8 Å². The van der Waals surface area contributed by atoms with E-state index in [4.69, 9.17) is 10.00 Å². The third-order valence-corrected chi connectivity index (χ3v) is 7.46. The van der Waals surface area contributed by atoms with Gasteiger partial charge in [-0.2, -0.15) is 5.26 Å². The van der Waals surface area contributed by atoms with Gasteiger partial charge in [0.1, 0.15) is 11.9 Å². The molecule has 0 aliphatic carbocycles. The number of rotatable bonds is 4. The first-order valence-electron chi connectivity index (χ1n) is 10.5. The highest BCUT2D eigenvalue weighted by Crippen LogP contribution is 2.35. The SMILES string of the molecule is CC(=O)[C@H]1CC(=O)OC1c1ccc(C#N)cc1.CC1CCN(Cc2cc(Br)cs2)CC1. The maximum atomic E-state index is 11.4. The van der Waals surface area contributed by atoms with Gasteiger partial charge in [-0.15, -0.1) is 11.3 Å². The van der Waals surface area contributed by atoms with Crippen LogP contribution in [-0.4, -0.2) is 29.7 Å². The second-order valence-corrected chi connectivity index (χ2v) is 10.2. The number of ketones is 1. The van der Waals surface area contributed by atoms with E-state index in [0.29, 0.717) is 5.56 Å². The molecule has 1 unspecified atom stereocenters. The number of halogens is 1. The van der Waals surface area contributed by atoms with Gasteiger partial charge in [-0.25, -0.2) is 0 Å². The first-order chi connectivity index (χ1) is 14.9. The number of nitriles is 1. The van der Waals surface area contributed by atoms with E-state index in [0.717, 1.165) is 18.0 Å². The van der Waals surface area contributed by atoms with Crippen LogP contribution in [0.1, 0.15) is 55.2 Å². The highest BCUT2D eigenvalue weighted by atomic mass is 79.9. The molecule has 2 aliphatic rings. The molecule has 0 spiro atoms. The zero-order valence-corrected chi connectivity index (χ0v) is 20.2. The molecule has 0 amide bonds. The fourth-order valence-electron chi connectivity index (χ4n) is 3.84. The molecule has 3 heterocycles. The van der Waals surface area contributed by atoms with Crippen LogP contribution in [0.3, 0.4) is 0 Å². The summed E-state index contributed by atoms with van der Waals surface area (Å²) in [5.41, 5.74) is 1.30. The Kier molecular flexibility index (Phi) is 8.42. The van der Waals surface area contributed by atoms with Gasteiger partial charge in [-0.1, -0.05) is 19.1 Å². The summed E-state index contributed by atoms with van der Waals surface area (Å²) in [4.78, 5) is 26.7. The molecule has 4 rings (SSSR count). The number of hydrogen-bond donors (Lipinski definition) is 0. The molecule has 0 radical (unpaired) electrons. The number of nitrogens with zero attached hydrogens (tertiary/aromatic N) is 2. The fourth-order valence-corrected chi connectivity index (χ4v) is 5.33. The summed E-state index contributed by atoms with van der Waals surface area (Å²) in [5, 5.41) is 10.9. The number of piperidine rings is 1. The van der Waals surface area contributed by atoms with Crippen molar-refractivity contribution in [2.75, 3.05) is 13.1 Å². The van der Waals surface area contributed by atoms with Crippen LogP contribution < -0.4 is 0 Å². The standard InChI is InChI=1S/C13H11NO3.C11H16BrNS/c1-8(15)11-6-12(16)17-13(11)10-4-2-9(7-14)3-5-10;1-9-2-4-13(5-3-9)7-11-6-10(12)8-14-11/h2-5,11,13H,6H2,1H3;6,8-9H,2-5,7H2,1H3/t11-,13?;/m1./s1. The van der Waals surface area contributed by atoms with Crippen LogP contribution in [-0.2, 0) is 20.9 Å². The molecular weight excluding hydrogens is 476 g/mol. The third kappa shape index (κ3) is 6.73. The Labute approximate surface area is 196 Å². The molecule has 0 saturated carbocycles. The summed E-state index contributed by atoms with van der Waals surface area (Å²) >= 11 is 5.35. The highest BCUT2D eigenvalue weighted by molar-refractivity contribution is 9.10. The Morgan fingerprint density at radius 2 is 1.97 bits per heavy atom. The van der Waals surface area contributed by atoms with Gasteiger partial charge in [0.2, 0.25) is 0 Å². The van der Waals surface area contributed by atoms with E-state index in [9.17, 15) is 9.59 Å². The van der Waals surface area contributed by atoms with Gasteiger partial charge in [-0.05, 0) is 78.5 Å². The van der Waals surface area contributed by atoms with Crippen molar-refractivity contribution in [3.05, 3.63) is 56.2 Å². The molecule has 0 N–H and O–H groups in total. The predicted octanol–water partition coefficient (Wildman–Crippen LogP) is 5.49. The number of carbonyl (C=O) groups is 2. The summed E-state index contributed by atoms with van der Waals surface area (Å²) in [6.45, 7) is 7.51. The molecule has 2 saturated heterocycles. The molecule has 7 heteroatoms. The molecule has 2 aromatic rings. The minimum Gasteiger partial charge on any atom is -0.457 e. The van der Waals surface area contributed by atoms with Gasteiger partial charge in [-0.3, -0.25) is 14.5 Å². The molecule has 2 aliphatic heterocycles. The molecule has 5 nitrogen and oxygen atoms in total. The van der Waals surface area contributed by atoms with Crippen LogP contribution in [0, 0.1) is 23.2 Å². The number of ether oxygens (including phenoxy) is 1. The molecule has 2 fully saturated rings. The van der Waals surface area contributed by atoms with E-state index in [1.807, 2.05) is 17.4 Å². The van der Waals surface area contributed by atoms with Crippen LogP contribution in [0.2, 0.25) is 0 Å². The van der Waals surface area contributed by atoms with Crippen LogP contribution in [0.25, 0.3) is 0 Å². The van der Waals surface area contributed by atoms with Crippen molar-refractivity contribution in [3.63, 3.8) is 0 Å². The van der Waals surface area contributed by atoms with Crippen molar-refractivity contribution in [1.82, 2.24) is 4.90 Å². The van der Waals surface area contributed by atoms with E-state index in [2.05, 4.69) is 39.2 Å². The number of benzene rings is 1. The van der Waals surface area contributed by atoms with Gasteiger partial charge in [0.15, 0.2) is 0 Å². The fraction of sp³-hybridized carbons (Fsp3) is 0.458. The van der Waals surface area contributed by atoms with E-state index in [1.54, 1.807) is 24.3 Å². The van der Waals surface area contributed by atoms with E-state index in [1.165, 1.54) is 42.2 Å². The number of cyclic esters (lactones) is 1. The Bertz CT molecular complexity index is 942. The highest BCUT2D eigenvalue weighted by Gasteiger charge is 2.38. The zero-order chi connectivity index (χ0) is 22.4. The van der Waals surface area contributed by atoms with Crippen LogP contribution in [0.15, 0.2) is 40.2 Å². The molecule has 164 valence electrons. The van der Waals surface area contributed by atoms with Crippen LogP contribution in [0.5, 0.6) is 0 Å². The molecule has 1 aromatic carbocycles. The average Bonchev–Trinajstić information content (AvgIpc) is 3.35. The van der Waals surface area contributed by atoms with Crippen molar-refractivity contribution in [1.29, 1.82) is 5.26 Å². The van der Waals surface area contributed by atoms with E-state index in [-0.39, 0.29) is 18.2 Å². The smallest absolute Gasteiger partial charge is 0.307 e. The Balaban J connectivity index is 0.000000179. The van der Waals surface area contributed by atoms with Crippen molar-refractivity contribution in [2.45, 2.75) is 45.8 Å². The van der Waals surface area contributed by atoms with Crippen LogP contribution >= 0.6 is 27.3 Å². The van der Waals surface area contributed by atoms with Crippen molar-refractivity contribution in [3.8, 4) is 6.07 Å². The summed E-state index contributed by atoms with van der Waals surface area (Å²) in [7, 11) is 0. The lowest BCUT2D eigenvalue weighted by atomic mass is 9.92. The second kappa shape index (κ2) is 11.0. The minimum atomic E-state index is -0.507. The number of Topliss-reactive ketones (excluding diaryl/α,β-unsaturated/α-hetero) is 1. The summed E-state index contributed by atoms with van der Waals surface area (Å²) in [6, 6.07) is 11.0. The number of esters is 1. The Morgan fingerprint density at radius 3 is 2.52 bits per heavy atom. The van der Waals surface area contributed by atoms with Crippen molar-refractivity contribution >= 4 is 39.0 Å². The first kappa shape index (κ1) is 23.6. The predicted molar refractivity (Wildman–Crippen MR) is 124 cm³/mol. The van der Waals surface area contributed by atoms with Gasteiger partial charge >= 0.3 is 5.97 Å². The van der Waals surface area contributed by atoms with E-state index < -0.39 is 12.0 Å². The summed E-state index contributed by atoms with van der Waals surface area (Å²) in [5.74, 6) is 0.126. The minimum absolute atomic E-state index is 0.0507. The second-order valence-electron chi connectivity index (χ2n) is 8.26. The topological polar surface area (TPSA) is 70.4 Å². The quantitative estimate of drug-likeness (QED) is 0.516. The number of hydrogen-bond acceptors (Lipinski definition) is 6. The van der Waals surface area contributed by atoms with Gasteiger partial charge < -0.3 is 4.74 Å². The van der Waals surface area contributed by atoms with Gasteiger partial charge in [0, 0.05) is 21.3 Å². The Morgan fingerprint density at radius 1 is 1.29 bits per heavy atom. The zero-order valence-electron chi connectivity index (χ0n) is 17.8. The third-order valence-electron chi connectivity index (χ3n) is 5.78. The van der Waals surface area contributed by atoms with Crippen molar-refractivity contribution < 1.29 is 14.3 Å². The number of likely N-dealkylation sites (tertiary alicyclic amines) is 1. The molecule has 31 heavy (non-hydrogen) atoms. The van der Waals surface area contributed by atoms with Crippen LogP contribution in [0.4, 0.5) is 0 Å². The molecule has 0 bridgehead atoms. The average molecular weight is 503 g/mol. The summed E-state index contributed by atoms with van der Waals surface area (Å²) in [6.07, 6.45) is 2.37. The monoisotopic (exact) mass is 502 g/mol. The lowest BCUT2D eigenvalue weighted by Gasteiger charge is -2.29. The largest absolute Gasteiger partial charge is 0.457 e.